The maximum atomic E-state index is 13.9. The Hall–Kier alpha value is -4.59. The lowest BCUT2D eigenvalue weighted by Crippen LogP contribution is -2.58. The smallest absolute Gasteiger partial charge is 0.257 e. The molecule has 0 radical (unpaired) electrons. The van der Waals surface area contributed by atoms with Crippen LogP contribution in [-0.4, -0.2) is 105 Å². The van der Waals surface area contributed by atoms with E-state index in [0.29, 0.717) is 12.1 Å². The van der Waals surface area contributed by atoms with Crippen LogP contribution in [0.5, 0.6) is 0 Å². The minimum Gasteiger partial charge on any atom is -0.391 e. The van der Waals surface area contributed by atoms with Crippen LogP contribution in [0, 0.1) is 12.8 Å². The molecule has 2 aliphatic heterocycles. The Bertz CT molecular complexity index is 1390. The summed E-state index contributed by atoms with van der Waals surface area (Å²) in [4.78, 5) is 78.3. The van der Waals surface area contributed by atoms with Crippen molar-refractivity contribution in [3.05, 3.63) is 53.3 Å². The Morgan fingerprint density at radius 3 is 2.55 bits per heavy atom. The molecule has 44 heavy (non-hydrogen) atoms. The molecule has 5 atom stereocenters. The Kier molecular flexibility index (Phi) is 10.5. The van der Waals surface area contributed by atoms with Gasteiger partial charge in [-0.25, -0.2) is 9.97 Å². The molecule has 5 amide bonds. The molecule has 6 N–H and O–H groups in total. The van der Waals surface area contributed by atoms with E-state index in [1.54, 1.807) is 13.8 Å². The predicted octanol–water partition coefficient (Wildman–Crippen LogP) is -0.841. The lowest BCUT2D eigenvalue weighted by molar-refractivity contribution is -0.143. The molecule has 0 bridgehead atoms. The van der Waals surface area contributed by atoms with Gasteiger partial charge in [0.1, 0.15) is 18.1 Å². The molecule has 4 rings (SSSR count). The lowest BCUT2D eigenvalue weighted by Gasteiger charge is -2.32. The molecule has 3 heterocycles. The quantitative estimate of drug-likeness (QED) is 0.287. The zero-order chi connectivity index (χ0) is 32.0. The van der Waals surface area contributed by atoms with Crippen molar-refractivity contribution in [3.8, 4) is 0 Å². The average Bonchev–Trinajstić information content (AvgIpc) is 3.39. The number of nitrogens with zero attached hydrogens (tertiary/aromatic N) is 4. The third-order valence-electron chi connectivity index (χ3n) is 8.11. The summed E-state index contributed by atoms with van der Waals surface area (Å²) in [5.41, 5.74) is 6.90. The number of carbonyl (C=O) groups excluding carboxylic acids is 5. The van der Waals surface area contributed by atoms with Crippen molar-refractivity contribution in [1.82, 2.24) is 35.7 Å². The van der Waals surface area contributed by atoms with Gasteiger partial charge in [0.05, 0.1) is 23.9 Å². The second-order valence-corrected chi connectivity index (χ2v) is 11.3. The van der Waals surface area contributed by atoms with Crippen LogP contribution in [-0.2, 0) is 25.6 Å². The number of amides is 5. The second kappa shape index (κ2) is 14.3. The Morgan fingerprint density at radius 1 is 1.14 bits per heavy atom. The molecule has 0 aliphatic carbocycles. The van der Waals surface area contributed by atoms with E-state index >= 15 is 0 Å². The molecule has 14 heteroatoms. The molecule has 0 spiro atoms. The zero-order valence-electron chi connectivity index (χ0n) is 25.2. The predicted molar refractivity (Wildman–Crippen MR) is 160 cm³/mol. The normalized spacial score (nSPS) is 24.4. The number of carbonyl (C=O) groups is 5. The number of nitrogens with one attached hydrogen (secondary N) is 3. The van der Waals surface area contributed by atoms with E-state index in [1.165, 1.54) is 16.0 Å². The highest BCUT2D eigenvalue weighted by molar-refractivity contribution is 5.98. The molecule has 236 valence electrons. The molecule has 2 saturated heterocycles. The van der Waals surface area contributed by atoms with E-state index in [-0.39, 0.29) is 49.9 Å². The highest BCUT2D eigenvalue weighted by atomic mass is 16.3. The Labute approximate surface area is 255 Å². The highest BCUT2D eigenvalue weighted by Gasteiger charge is 2.43. The van der Waals surface area contributed by atoms with E-state index in [1.807, 2.05) is 37.3 Å². The summed E-state index contributed by atoms with van der Waals surface area (Å²) in [6.07, 6.45) is 1.01. The van der Waals surface area contributed by atoms with Crippen LogP contribution in [0.2, 0.25) is 0 Å². The van der Waals surface area contributed by atoms with E-state index in [4.69, 9.17) is 5.73 Å². The van der Waals surface area contributed by atoms with Gasteiger partial charge in [0.2, 0.25) is 29.6 Å². The first kappa shape index (κ1) is 32.3. The first-order chi connectivity index (χ1) is 21.0. The van der Waals surface area contributed by atoms with Crippen LogP contribution < -0.4 is 21.7 Å². The van der Waals surface area contributed by atoms with E-state index < -0.39 is 60.3 Å². The monoisotopic (exact) mass is 608 g/mol. The van der Waals surface area contributed by atoms with Crippen LogP contribution in [0.4, 0.5) is 5.95 Å². The van der Waals surface area contributed by atoms with E-state index in [9.17, 15) is 29.1 Å². The summed E-state index contributed by atoms with van der Waals surface area (Å²) in [7, 11) is 0. The van der Waals surface area contributed by atoms with Crippen LogP contribution in [0.15, 0.2) is 36.5 Å². The van der Waals surface area contributed by atoms with Crippen LogP contribution in [0.1, 0.15) is 48.3 Å². The number of fused-ring (bicyclic) bond motifs is 1. The summed E-state index contributed by atoms with van der Waals surface area (Å²) >= 11 is 0. The fourth-order valence-corrected chi connectivity index (χ4v) is 5.44. The van der Waals surface area contributed by atoms with Crippen LogP contribution >= 0.6 is 0 Å². The van der Waals surface area contributed by atoms with E-state index in [2.05, 4.69) is 25.9 Å². The van der Waals surface area contributed by atoms with Crippen molar-refractivity contribution in [3.63, 3.8) is 0 Å². The van der Waals surface area contributed by atoms with Crippen LogP contribution in [0.3, 0.4) is 0 Å². The molecule has 0 unspecified atom stereocenters. The molecule has 2 aliphatic rings. The van der Waals surface area contributed by atoms with Crippen LogP contribution in [0.25, 0.3) is 0 Å². The van der Waals surface area contributed by atoms with Crippen molar-refractivity contribution < 1.29 is 29.1 Å². The average molecular weight is 609 g/mol. The first-order valence-corrected chi connectivity index (χ1v) is 14.8. The molecule has 14 nitrogen and oxygen atoms in total. The number of nitrogens with two attached hydrogens (primary N) is 1. The standard InChI is InChI=1S/C30H40N8O6/c1-4-17(2)25-29(44)38-15-20(39)13-23(38)27(42)35-22(12-19-8-6-5-7-9-19)26(41)32-10-11-37(16-24(40)36-25)28(43)21-14-33-30(31)34-18(21)3/h5-9,14,17,20,22-23,25,39H,4,10-13,15-16H2,1-3H3,(H,32,41)(H,35,42)(H,36,40)(H2,31,33,34)/t17-,20+,22-,23-,25-/m0/s1. The van der Waals surface area contributed by atoms with Gasteiger partial charge in [0, 0.05) is 38.7 Å². The topological polar surface area (TPSA) is 200 Å². The second-order valence-electron chi connectivity index (χ2n) is 11.3. The third-order valence-corrected chi connectivity index (χ3v) is 8.11. The van der Waals surface area contributed by atoms with Crippen molar-refractivity contribution in [1.29, 1.82) is 0 Å². The lowest BCUT2D eigenvalue weighted by atomic mass is 9.97. The summed E-state index contributed by atoms with van der Waals surface area (Å²) in [5.74, 6) is -3.10. The summed E-state index contributed by atoms with van der Waals surface area (Å²) < 4.78 is 0. The third kappa shape index (κ3) is 7.67. The number of benzene rings is 1. The number of aryl methyl sites for hydroxylation is 1. The van der Waals surface area contributed by atoms with Gasteiger partial charge >= 0.3 is 0 Å². The zero-order valence-corrected chi connectivity index (χ0v) is 25.2. The minimum absolute atomic E-state index is 0.00660. The van der Waals surface area contributed by atoms with Crippen molar-refractivity contribution >= 4 is 35.5 Å². The van der Waals surface area contributed by atoms with Gasteiger partial charge < -0.3 is 36.6 Å². The molecular weight excluding hydrogens is 568 g/mol. The molecule has 1 aromatic heterocycles. The van der Waals surface area contributed by atoms with Crippen molar-refractivity contribution in [2.24, 2.45) is 5.92 Å². The van der Waals surface area contributed by atoms with Gasteiger partial charge in [-0.15, -0.1) is 0 Å². The number of hydrogen-bond acceptors (Lipinski definition) is 9. The fourth-order valence-electron chi connectivity index (χ4n) is 5.44. The maximum Gasteiger partial charge on any atom is 0.257 e. The van der Waals surface area contributed by atoms with Gasteiger partial charge in [-0.05, 0) is 18.4 Å². The number of anilines is 1. The van der Waals surface area contributed by atoms with E-state index in [0.717, 1.165) is 5.56 Å². The SMILES string of the molecule is CC[C@H](C)[C@@H]1NC(=O)CN(C(=O)c2cnc(N)nc2C)CCNC(=O)[C@H](Cc2ccccc2)NC(=O)[C@@H]2C[C@@H](O)CN2C1=O. The minimum atomic E-state index is -1.04. The Balaban J connectivity index is 1.69. The summed E-state index contributed by atoms with van der Waals surface area (Å²) in [6.45, 7) is 4.65. The van der Waals surface area contributed by atoms with Gasteiger partial charge in [-0.3, -0.25) is 24.0 Å². The van der Waals surface area contributed by atoms with Crippen molar-refractivity contribution in [2.45, 2.75) is 64.3 Å². The summed E-state index contributed by atoms with van der Waals surface area (Å²) in [6, 6.07) is 6.07. The first-order valence-electron chi connectivity index (χ1n) is 14.8. The van der Waals surface area contributed by atoms with Gasteiger partial charge in [0.15, 0.2) is 0 Å². The Morgan fingerprint density at radius 2 is 1.86 bits per heavy atom. The number of nitrogen functional groups attached to an aromatic ring is 1. The van der Waals surface area contributed by atoms with Gasteiger partial charge in [-0.1, -0.05) is 50.6 Å². The number of rotatable bonds is 5. The molecule has 1 aromatic carbocycles. The molecule has 2 aromatic rings. The largest absolute Gasteiger partial charge is 0.391 e. The number of hydrogen-bond donors (Lipinski definition) is 5. The number of aromatic nitrogens is 2. The van der Waals surface area contributed by atoms with Gasteiger partial charge in [-0.2, -0.15) is 0 Å². The fraction of sp³-hybridized carbons (Fsp3) is 0.500. The maximum absolute atomic E-state index is 13.9. The molecule has 0 saturated carbocycles. The highest BCUT2D eigenvalue weighted by Crippen LogP contribution is 2.23. The number of aliphatic hydroxyl groups excluding tert-OH is 1. The number of aliphatic hydroxyl groups is 1. The molecule has 2 fully saturated rings. The van der Waals surface area contributed by atoms with Gasteiger partial charge in [0.25, 0.3) is 5.91 Å². The molecular formula is C30H40N8O6. The van der Waals surface area contributed by atoms with Crippen molar-refractivity contribution in [2.75, 3.05) is 31.9 Å². The summed E-state index contributed by atoms with van der Waals surface area (Å²) in [5, 5.41) is 18.8.